The molecule has 0 aliphatic carbocycles. The van der Waals surface area contributed by atoms with Crippen molar-refractivity contribution >= 4 is 23.2 Å². The van der Waals surface area contributed by atoms with Crippen molar-refractivity contribution in [1.82, 2.24) is 5.32 Å². The molecule has 0 spiro atoms. The normalized spacial score (nSPS) is 24.9. The van der Waals surface area contributed by atoms with E-state index in [9.17, 15) is 0 Å². The van der Waals surface area contributed by atoms with E-state index >= 15 is 0 Å². The molecule has 2 rings (SSSR count). The van der Waals surface area contributed by atoms with Gasteiger partial charge in [0.05, 0.1) is 6.10 Å². The van der Waals surface area contributed by atoms with Crippen molar-refractivity contribution in [2.24, 2.45) is 5.92 Å². The minimum atomic E-state index is 0.0946. The molecule has 2 unspecified atom stereocenters. The fraction of sp³-hybridized carbons (Fsp3) is 0.500. The van der Waals surface area contributed by atoms with Gasteiger partial charge in [0.25, 0.3) is 0 Å². The van der Waals surface area contributed by atoms with Gasteiger partial charge in [-0.3, -0.25) is 0 Å². The van der Waals surface area contributed by atoms with Crippen molar-refractivity contribution in [2.45, 2.75) is 12.5 Å². The molecule has 0 aromatic heterocycles. The lowest BCUT2D eigenvalue weighted by Gasteiger charge is -2.19. The van der Waals surface area contributed by atoms with Crippen molar-refractivity contribution in [3.8, 4) is 0 Å². The van der Waals surface area contributed by atoms with Crippen LogP contribution in [0.25, 0.3) is 0 Å². The van der Waals surface area contributed by atoms with Crippen molar-refractivity contribution in [2.75, 3.05) is 20.2 Å². The van der Waals surface area contributed by atoms with E-state index in [0.717, 1.165) is 25.1 Å². The first-order valence-corrected chi connectivity index (χ1v) is 6.19. The third-order valence-electron chi connectivity index (χ3n) is 2.95. The van der Waals surface area contributed by atoms with E-state index in [2.05, 4.69) is 5.32 Å². The van der Waals surface area contributed by atoms with Crippen LogP contribution in [0.1, 0.15) is 18.1 Å². The Bertz CT molecular complexity index is 370. The fourth-order valence-electron chi connectivity index (χ4n) is 2.18. The quantitative estimate of drug-likeness (QED) is 0.900. The molecule has 2 nitrogen and oxygen atoms in total. The topological polar surface area (TPSA) is 21.3 Å². The summed E-state index contributed by atoms with van der Waals surface area (Å²) in [7, 11) is 1.96. The Hall–Kier alpha value is -0.280. The highest BCUT2D eigenvalue weighted by Gasteiger charge is 2.30. The highest BCUT2D eigenvalue weighted by molar-refractivity contribution is 6.35. The summed E-state index contributed by atoms with van der Waals surface area (Å²) in [5.41, 5.74) is 1.05. The second-order valence-electron chi connectivity index (χ2n) is 4.06. The third-order valence-corrected chi connectivity index (χ3v) is 3.51. The minimum Gasteiger partial charge on any atom is -0.373 e. The predicted octanol–water partition coefficient (Wildman–Crippen LogP) is 3.29. The highest BCUT2D eigenvalue weighted by Crippen LogP contribution is 2.38. The minimum absolute atomic E-state index is 0.0946. The molecular weight excluding hydrogens is 245 g/mol. The molecule has 16 heavy (non-hydrogen) atoms. The van der Waals surface area contributed by atoms with Gasteiger partial charge in [-0.05, 0) is 31.2 Å². The van der Waals surface area contributed by atoms with Crippen LogP contribution in [-0.2, 0) is 4.74 Å². The van der Waals surface area contributed by atoms with Gasteiger partial charge in [-0.1, -0.05) is 29.3 Å². The third kappa shape index (κ3) is 2.51. The van der Waals surface area contributed by atoms with Crippen molar-refractivity contribution in [3.05, 3.63) is 33.8 Å². The maximum absolute atomic E-state index is 6.19. The Morgan fingerprint density at radius 3 is 2.94 bits per heavy atom. The van der Waals surface area contributed by atoms with E-state index in [0.29, 0.717) is 16.0 Å². The van der Waals surface area contributed by atoms with Crippen LogP contribution in [0.3, 0.4) is 0 Å². The maximum Gasteiger partial charge on any atom is 0.0880 e. The van der Waals surface area contributed by atoms with E-state index in [1.165, 1.54) is 0 Å². The van der Waals surface area contributed by atoms with Gasteiger partial charge in [-0.2, -0.15) is 0 Å². The summed E-state index contributed by atoms with van der Waals surface area (Å²) < 4.78 is 5.76. The van der Waals surface area contributed by atoms with Crippen LogP contribution >= 0.6 is 23.2 Å². The monoisotopic (exact) mass is 259 g/mol. The number of halogens is 2. The first-order chi connectivity index (χ1) is 7.72. The van der Waals surface area contributed by atoms with Crippen LogP contribution < -0.4 is 5.32 Å². The lowest BCUT2D eigenvalue weighted by Crippen LogP contribution is -2.21. The summed E-state index contributed by atoms with van der Waals surface area (Å²) in [4.78, 5) is 0. The van der Waals surface area contributed by atoms with Crippen LogP contribution in [-0.4, -0.2) is 20.2 Å². The number of benzene rings is 1. The molecule has 4 heteroatoms. The number of rotatable bonds is 3. The van der Waals surface area contributed by atoms with Crippen LogP contribution in [0.2, 0.25) is 10.0 Å². The van der Waals surface area contributed by atoms with Gasteiger partial charge < -0.3 is 10.1 Å². The van der Waals surface area contributed by atoms with Crippen molar-refractivity contribution < 1.29 is 4.74 Å². The van der Waals surface area contributed by atoms with Crippen LogP contribution in [0.5, 0.6) is 0 Å². The standard InChI is InChI=1S/C12H15Cl2NO/c1-15-7-8-4-5-16-12(8)10-3-2-9(13)6-11(10)14/h2-3,6,8,12,15H,4-5,7H2,1H3. The zero-order chi connectivity index (χ0) is 11.5. The molecule has 1 aromatic rings. The Labute approximate surface area is 106 Å². The number of hydrogen-bond acceptors (Lipinski definition) is 2. The van der Waals surface area contributed by atoms with E-state index in [-0.39, 0.29) is 6.10 Å². The maximum atomic E-state index is 6.19. The van der Waals surface area contributed by atoms with Crippen LogP contribution in [0.4, 0.5) is 0 Å². The number of nitrogens with one attached hydrogen (secondary N) is 1. The lowest BCUT2D eigenvalue weighted by molar-refractivity contribution is 0.0910. The van der Waals surface area contributed by atoms with Gasteiger partial charge in [0.15, 0.2) is 0 Å². The molecular formula is C12H15Cl2NO. The summed E-state index contributed by atoms with van der Waals surface area (Å²) in [5.74, 6) is 0.490. The Morgan fingerprint density at radius 1 is 1.44 bits per heavy atom. The molecule has 0 radical (unpaired) electrons. The predicted molar refractivity (Wildman–Crippen MR) is 67.2 cm³/mol. The molecule has 88 valence electrons. The summed E-state index contributed by atoms with van der Waals surface area (Å²) >= 11 is 12.1. The molecule has 1 saturated heterocycles. The summed E-state index contributed by atoms with van der Waals surface area (Å²) in [6.07, 6.45) is 1.17. The number of ether oxygens (including phenoxy) is 1. The van der Waals surface area contributed by atoms with Gasteiger partial charge in [0.1, 0.15) is 0 Å². The second-order valence-corrected chi connectivity index (χ2v) is 4.91. The molecule has 1 aromatic carbocycles. The molecule has 2 atom stereocenters. The average Bonchev–Trinajstić information content (AvgIpc) is 2.67. The zero-order valence-corrected chi connectivity index (χ0v) is 10.7. The largest absolute Gasteiger partial charge is 0.373 e. The molecule has 1 aliphatic rings. The molecule has 1 fully saturated rings. The van der Waals surface area contributed by atoms with Gasteiger partial charge in [-0.15, -0.1) is 0 Å². The molecule has 1 aliphatic heterocycles. The number of hydrogen-bond donors (Lipinski definition) is 1. The van der Waals surface area contributed by atoms with Gasteiger partial charge in [0.2, 0.25) is 0 Å². The molecule has 1 N–H and O–H groups in total. The molecule has 0 amide bonds. The van der Waals surface area contributed by atoms with Crippen molar-refractivity contribution in [3.63, 3.8) is 0 Å². The lowest BCUT2D eigenvalue weighted by atomic mass is 9.95. The van der Waals surface area contributed by atoms with Gasteiger partial charge >= 0.3 is 0 Å². The average molecular weight is 260 g/mol. The first kappa shape index (κ1) is 12.2. The smallest absolute Gasteiger partial charge is 0.0880 e. The van der Waals surface area contributed by atoms with E-state index in [4.69, 9.17) is 27.9 Å². The van der Waals surface area contributed by atoms with Crippen LogP contribution in [0.15, 0.2) is 18.2 Å². The van der Waals surface area contributed by atoms with E-state index in [1.807, 2.05) is 19.2 Å². The van der Waals surface area contributed by atoms with E-state index in [1.54, 1.807) is 6.07 Å². The van der Waals surface area contributed by atoms with Gasteiger partial charge in [-0.25, -0.2) is 0 Å². The summed E-state index contributed by atoms with van der Waals surface area (Å²) in [6, 6.07) is 5.60. The summed E-state index contributed by atoms with van der Waals surface area (Å²) in [5, 5.41) is 4.55. The zero-order valence-electron chi connectivity index (χ0n) is 9.17. The Morgan fingerprint density at radius 2 is 2.25 bits per heavy atom. The van der Waals surface area contributed by atoms with Gasteiger partial charge in [0, 0.05) is 29.1 Å². The second kappa shape index (κ2) is 5.37. The van der Waals surface area contributed by atoms with Crippen molar-refractivity contribution in [1.29, 1.82) is 0 Å². The van der Waals surface area contributed by atoms with Crippen LogP contribution in [0, 0.1) is 5.92 Å². The highest BCUT2D eigenvalue weighted by atomic mass is 35.5. The Kier molecular flexibility index (Phi) is 4.09. The summed E-state index contributed by atoms with van der Waals surface area (Å²) in [6.45, 7) is 1.75. The molecule has 1 heterocycles. The van der Waals surface area contributed by atoms with E-state index < -0.39 is 0 Å². The Balaban J connectivity index is 2.22. The SMILES string of the molecule is CNCC1CCOC1c1ccc(Cl)cc1Cl. The molecule has 0 bridgehead atoms. The first-order valence-electron chi connectivity index (χ1n) is 5.43. The molecule has 0 saturated carbocycles. The fourth-order valence-corrected chi connectivity index (χ4v) is 2.70.